The van der Waals surface area contributed by atoms with Crippen molar-refractivity contribution in [1.29, 1.82) is 0 Å². The quantitative estimate of drug-likeness (QED) is 0.495. The Morgan fingerprint density at radius 3 is 2.50 bits per heavy atom. The molecule has 0 saturated carbocycles. The normalized spacial score (nSPS) is 7.30. The van der Waals surface area contributed by atoms with Gasteiger partial charge in [-0.05, 0) is 17.7 Å². The second-order valence-electron chi connectivity index (χ2n) is 1.27. The lowest BCUT2D eigenvalue weighted by atomic mass is 10.7. The molecule has 0 spiro atoms. The first-order valence-electron chi connectivity index (χ1n) is 2.52. The third kappa shape index (κ3) is 6.91. The van der Waals surface area contributed by atoms with E-state index >= 15 is 0 Å². The number of aromatic nitrogens is 2. The molecule has 1 aromatic rings. The standard InChI is InChI=1S/C3H3ClO.C3H4N2/c1-2-3(4)5;1-2-5-3-4-1/h2H,1H2;1-3H,(H,4,5). The largest absolute Gasteiger partial charge is 0.351 e. The zero-order valence-corrected chi connectivity index (χ0v) is 6.01. The van der Waals surface area contributed by atoms with Crippen LogP contribution in [0.15, 0.2) is 31.4 Å². The van der Waals surface area contributed by atoms with Crippen LogP contribution in [0.4, 0.5) is 0 Å². The molecule has 0 aliphatic carbocycles. The maximum absolute atomic E-state index is 9.46. The summed E-state index contributed by atoms with van der Waals surface area (Å²) in [5, 5.41) is -0.509. The van der Waals surface area contributed by atoms with Crippen LogP contribution in [-0.4, -0.2) is 15.2 Å². The lowest BCUT2D eigenvalue weighted by molar-refractivity contribution is -0.107. The van der Waals surface area contributed by atoms with E-state index in [1.54, 1.807) is 18.7 Å². The van der Waals surface area contributed by atoms with Crippen LogP contribution >= 0.6 is 11.6 Å². The summed E-state index contributed by atoms with van der Waals surface area (Å²) in [7, 11) is 0. The summed E-state index contributed by atoms with van der Waals surface area (Å²) in [4.78, 5) is 15.9. The van der Waals surface area contributed by atoms with Crippen molar-refractivity contribution in [2.75, 3.05) is 0 Å². The van der Waals surface area contributed by atoms with E-state index < -0.39 is 5.24 Å². The molecular weight excluding hydrogens is 152 g/mol. The van der Waals surface area contributed by atoms with Crippen LogP contribution in [0.2, 0.25) is 0 Å². The average molecular weight is 159 g/mol. The van der Waals surface area contributed by atoms with Gasteiger partial charge in [-0.1, -0.05) is 6.58 Å². The fourth-order valence-corrected chi connectivity index (χ4v) is 0.215. The third-order valence-electron chi connectivity index (χ3n) is 0.566. The Labute approximate surface area is 63.7 Å². The van der Waals surface area contributed by atoms with Gasteiger partial charge in [0.25, 0.3) is 0 Å². The van der Waals surface area contributed by atoms with Crippen LogP contribution in [0, 0.1) is 0 Å². The first-order chi connectivity index (χ1) is 4.77. The van der Waals surface area contributed by atoms with Crippen molar-refractivity contribution in [1.82, 2.24) is 9.97 Å². The second kappa shape index (κ2) is 6.04. The molecule has 4 heteroatoms. The van der Waals surface area contributed by atoms with Gasteiger partial charge in [0.1, 0.15) is 0 Å². The van der Waals surface area contributed by atoms with Crippen LogP contribution in [0.25, 0.3) is 0 Å². The molecule has 0 aliphatic rings. The summed E-state index contributed by atoms with van der Waals surface area (Å²) in [6, 6.07) is 0. The van der Waals surface area contributed by atoms with E-state index in [9.17, 15) is 4.79 Å². The van der Waals surface area contributed by atoms with Gasteiger partial charge in [-0.25, -0.2) is 4.98 Å². The first-order valence-corrected chi connectivity index (χ1v) is 2.90. The minimum absolute atomic E-state index is 0.509. The monoisotopic (exact) mass is 158 g/mol. The fourth-order valence-electron chi connectivity index (χ4n) is 0.215. The zero-order chi connectivity index (χ0) is 7.82. The highest BCUT2D eigenvalue weighted by atomic mass is 35.5. The van der Waals surface area contributed by atoms with Crippen LogP contribution in [-0.2, 0) is 4.79 Å². The van der Waals surface area contributed by atoms with Gasteiger partial charge in [0, 0.05) is 12.4 Å². The molecular formula is C6H7ClN2O. The Bertz CT molecular complexity index is 166. The van der Waals surface area contributed by atoms with E-state index in [1.165, 1.54) is 0 Å². The minimum atomic E-state index is -0.509. The molecule has 0 bridgehead atoms. The number of nitrogens with one attached hydrogen (secondary N) is 1. The number of aromatic amines is 1. The molecule has 0 radical (unpaired) electrons. The van der Waals surface area contributed by atoms with Gasteiger partial charge in [0.15, 0.2) is 0 Å². The Morgan fingerprint density at radius 1 is 1.80 bits per heavy atom. The van der Waals surface area contributed by atoms with Crippen molar-refractivity contribution >= 4 is 16.8 Å². The van der Waals surface area contributed by atoms with Gasteiger partial charge in [0.05, 0.1) is 6.33 Å². The minimum Gasteiger partial charge on any atom is -0.351 e. The average Bonchev–Trinajstić information content (AvgIpc) is 2.43. The molecule has 1 rings (SSSR count). The maximum Gasteiger partial charge on any atom is 0.244 e. The molecule has 0 fully saturated rings. The molecule has 3 nitrogen and oxygen atoms in total. The van der Waals surface area contributed by atoms with Crippen LogP contribution < -0.4 is 0 Å². The van der Waals surface area contributed by atoms with Crippen molar-refractivity contribution in [2.24, 2.45) is 0 Å². The second-order valence-corrected chi connectivity index (χ2v) is 1.64. The third-order valence-corrected chi connectivity index (χ3v) is 0.721. The number of hydrogen-bond acceptors (Lipinski definition) is 2. The van der Waals surface area contributed by atoms with Gasteiger partial charge in [-0.2, -0.15) is 0 Å². The highest BCUT2D eigenvalue weighted by Gasteiger charge is 1.74. The zero-order valence-electron chi connectivity index (χ0n) is 5.25. The highest BCUT2D eigenvalue weighted by Crippen LogP contribution is 1.74. The van der Waals surface area contributed by atoms with Crippen LogP contribution in [0.3, 0.4) is 0 Å². The number of carbonyl (C=O) groups excluding carboxylic acids is 1. The molecule has 0 unspecified atom stereocenters. The summed E-state index contributed by atoms with van der Waals surface area (Å²) in [5.41, 5.74) is 0. The Kier molecular flexibility index (Phi) is 5.38. The molecule has 1 aromatic heterocycles. The maximum atomic E-state index is 9.46. The van der Waals surface area contributed by atoms with Gasteiger partial charge in [-0.15, -0.1) is 0 Å². The number of allylic oxidation sites excluding steroid dienone is 1. The fraction of sp³-hybridized carbons (Fsp3) is 0. The SMILES string of the molecule is C=CC(=O)Cl.c1c[nH]cn1. The molecule has 0 aliphatic heterocycles. The molecule has 54 valence electrons. The molecule has 0 saturated heterocycles. The lowest BCUT2D eigenvalue weighted by Gasteiger charge is -1.59. The lowest BCUT2D eigenvalue weighted by Crippen LogP contribution is -1.67. The Hall–Kier alpha value is -1.09. The summed E-state index contributed by atoms with van der Waals surface area (Å²) >= 11 is 4.71. The number of carbonyl (C=O) groups is 1. The molecule has 1 heterocycles. The number of hydrogen-bond donors (Lipinski definition) is 1. The van der Waals surface area contributed by atoms with E-state index in [0.717, 1.165) is 6.08 Å². The van der Waals surface area contributed by atoms with Gasteiger partial charge in [0.2, 0.25) is 5.24 Å². The number of halogens is 1. The molecule has 0 atom stereocenters. The van der Waals surface area contributed by atoms with Crippen molar-refractivity contribution in [3.8, 4) is 0 Å². The van der Waals surface area contributed by atoms with Gasteiger partial charge < -0.3 is 4.98 Å². The van der Waals surface area contributed by atoms with E-state index in [-0.39, 0.29) is 0 Å². The van der Waals surface area contributed by atoms with Crippen LogP contribution in [0.1, 0.15) is 0 Å². The van der Waals surface area contributed by atoms with Crippen molar-refractivity contribution < 1.29 is 4.79 Å². The number of imidazole rings is 1. The van der Waals surface area contributed by atoms with E-state index in [4.69, 9.17) is 11.6 Å². The molecule has 10 heavy (non-hydrogen) atoms. The van der Waals surface area contributed by atoms with Crippen LogP contribution in [0.5, 0.6) is 0 Å². The predicted octanol–water partition coefficient (Wildman–Crippen LogP) is 1.35. The topological polar surface area (TPSA) is 45.8 Å². The van der Waals surface area contributed by atoms with E-state index in [0.29, 0.717) is 0 Å². The van der Waals surface area contributed by atoms with Gasteiger partial charge in [-0.3, -0.25) is 4.79 Å². The molecule has 0 amide bonds. The summed E-state index contributed by atoms with van der Waals surface area (Å²) in [6.07, 6.45) is 6.13. The summed E-state index contributed by atoms with van der Waals surface area (Å²) in [6.45, 7) is 3.08. The number of nitrogens with zero attached hydrogens (tertiary/aromatic N) is 1. The first kappa shape index (κ1) is 8.91. The Balaban J connectivity index is 0.000000162. The summed E-state index contributed by atoms with van der Waals surface area (Å²) in [5.74, 6) is 0. The number of H-pyrrole nitrogens is 1. The Morgan fingerprint density at radius 2 is 2.40 bits per heavy atom. The van der Waals surface area contributed by atoms with Crippen molar-refractivity contribution in [3.05, 3.63) is 31.4 Å². The smallest absolute Gasteiger partial charge is 0.244 e. The summed E-state index contributed by atoms with van der Waals surface area (Å²) < 4.78 is 0. The molecule has 0 aromatic carbocycles. The van der Waals surface area contributed by atoms with E-state index in [1.807, 2.05) is 0 Å². The van der Waals surface area contributed by atoms with Crippen molar-refractivity contribution in [2.45, 2.75) is 0 Å². The van der Waals surface area contributed by atoms with Crippen molar-refractivity contribution in [3.63, 3.8) is 0 Å². The molecule has 1 N–H and O–H groups in total. The predicted molar refractivity (Wildman–Crippen MR) is 39.6 cm³/mol. The van der Waals surface area contributed by atoms with Gasteiger partial charge >= 0.3 is 0 Å². The highest BCUT2D eigenvalue weighted by molar-refractivity contribution is 6.66. The number of rotatable bonds is 1. The van der Waals surface area contributed by atoms with E-state index in [2.05, 4.69) is 16.5 Å².